The van der Waals surface area contributed by atoms with Crippen LogP contribution >= 0.6 is 11.6 Å². The first-order chi connectivity index (χ1) is 14.1. The molecule has 0 spiro atoms. The van der Waals surface area contributed by atoms with Gasteiger partial charge in [0.25, 0.3) is 5.91 Å². The number of carbonyl (C=O) groups excluding carboxylic acids is 1. The van der Waals surface area contributed by atoms with E-state index in [2.05, 4.69) is 16.1 Å². The zero-order valence-electron chi connectivity index (χ0n) is 17.0. The van der Waals surface area contributed by atoms with Crippen molar-refractivity contribution >= 4 is 23.2 Å². The molecule has 0 unspecified atom stereocenters. The smallest absolute Gasteiger partial charge is 0.277 e. The van der Waals surface area contributed by atoms with Crippen LogP contribution in [0.15, 0.2) is 34.9 Å². The molecule has 2 aliphatic heterocycles. The maximum atomic E-state index is 12.8. The monoisotopic (exact) mass is 419 g/mol. The van der Waals surface area contributed by atoms with Gasteiger partial charge in [-0.1, -0.05) is 22.8 Å². The van der Waals surface area contributed by atoms with Crippen LogP contribution in [0, 0.1) is 6.92 Å². The van der Waals surface area contributed by atoms with Crippen LogP contribution in [0.4, 0.5) is 5.69 Å². The van der Waals surface area contributed by atoms with E-state index in [1.165, 1.54) is 9.80 Å². The van der Waals surface area contributed by atoms with Crippen molar-refractivity contribution in [2.75, 3.05) is 63.8 Å². The molecule has 1 aromatic carbocycles. The van der Waals surface area contributed by atoms with Crippen molar-refractivity contribution in [3.8, 4) is 0 Å². The van der Waals surface area contributed by atoms with Crippen molar-refractivity contribution in [3.05, 3.63) is 46.8 Å². The second-order valence-corrected chi connectivity index (χ2v) is 8.57. The Morgan fingerprint density at radius 1 is 1.10 bits per heavy atom. The van der Waals surface area contributed by atoms with Gasteiger partial charge in [-0.2, -0.15) is 0 Å². The first-order valence-corrected chi connectivity index (χ1v) is 10.8. The van der Waals surface area contributed by atoms with E-state index in [1.807, 2.05) is 36.1 Å². The topological polar surface area (TPSA) is 58.5 Å². The van der Waals surface area contributed by atoms with Crippen LogP contribution in [0.5, 0.6) is 0 Å². The minimum absolute atomic E-state index is 0.279. The number of amides is 1. The average Bonchev–Trinajstić information content (AvgIpc) is 3.14. The van der Waals surface area contributed by atoms with E-state index < -0.39 is 0 Å². The summed E-state index contributed by atoms with van der Waals surface area (Å²) in [6, 6.07) is 9.95. The molecule has 0 radical (unpaired) electrons. The molecule has 8 heteroatoms. The van der Waals surface area contributed by atoms with Gasteiger partial charge in [0.15, 0.2) is 6.54 Å². The van der Waals surface area contributed by atoms with Crippen molar-refractivity contribution in [2.24, 2.45) is 0 Å². The van der Waals surface area contributed by atoms with Crippen LogP contribution in [0.2, 0.25) is 5.02 Å². The third-order valence-corrected chi connectivity index (χ3v) is 6.21. The Kier molecular flexibility index (Phi) is 6.37. The lowest BCUT2D eigenvalue weighted by Gasteiger charge is -2.37. The van der Waals surface area contributed by atoms with Gasteiger partial charge in [-0.15, -0.1) is 0 Å². The van der Waals surface area contributed by atoms with Gasteiger partial charge in [0.2, 0.25) is 0 Å². The zero-order valence-corrected chi connectivity index (χ0v) is 17.7. The second kappa shape index (κ2) is 9.15. The summed E-state index contributed by atoms with van der Waals surface area (Å²) in [5.41, 5.74) is 2.16. The number of anilines is 1. The van der Waals surface area contributed by atoms with E-state index in [4.69, 9.17) is 16.1 Å². The summed E-state index contributed by atoms with van der Waals surface area (Å²) in [6.45, 7) is 10.9. The largest absolute Gasteiger partial charge is 0.368 e. The first-order valence-electron chi connectivity index (χ1n) is 10.4. The van der Waals surface area contributed by atoms with Gasteiger partial charge in [0, 0.05) is 43.0 Å². The molecule has 7 nitrogen and oxygen atoms in total. The normalized spacial score (nSPS) is 22.7. The highest BCUT2D eigenvalue weighted by atomic mass is 35.5. The molecule has 2 N–H and O–H groups in total. The molecular weight excluding hydrogens is 390 g/mol. The van der Waals surface area contributed by atoms with E-state index in [0.717, 1.165) is 81.1 Å². The predicted octanol–water partition coefficient (Wildman–Crippen LogP) is -0.731. The number of halogens is 1. The van der Waals surface area contributed by atoms with E-state index in [-0.39, 0.29) is 5.91 Å². The fraction of sp³-hybridized carbons (Fsp3) is 0.524. The molecule has 1 amide bonds. The quantitative estimate of drug-likeness (QED) is 0.671. The molecule has 156 valence electrons. The summed E-state index contributed by atoms with van der Waals surface area (Å²) >= 11 is 6.10. The molecule has 2 aromatic rings. The number of rotatable bonds is 5. The maximum absolute atomic E-state index is 12.8. The SMILES string of the molecule is Cc1cc(C[NH+]2CC[NH+](CC(=O)N3CCN(c4cccc(Cl)c4)CC3)CC2)no1. The summed E-state index contributed by atoms with van der Waals surface area (Å²) in [4.78, 5) is 20.0. The molecule has 4 rings (SSSR count). The number of hydrogen-bond donors (Lipinski definition) is 2. The molecule has 2 saturated heterocycles. The number of aromatic nitrogens is 1. The highest BCUT2D eigenvalue weighted by Gasteiger charge is 2.29. The number of piperazine rings is 2. The minimum Gasteiger partial charge on any atom is -0.368 e. The van der Waals surface area contributed by atoms with Gasteiger partial charge in [0.1, 0.15) is 44.2 Å². The summed E-state index contributed by atoms with van der Waals surface area (Å²) < 4.78 is 5.16. The highest BCUT2D eigenvalue weighted by Crippen LogP contribution is 2.20. The van der Waals surface area contributed by atoms with E-state index in [9.17, 15) is 4.79 Å². The molecule has 2 aliphatic rings. The lowest BCUT2D eigenvalue weighted by molar-refractivity contribution is -1.02. The second-order valence-electron chi connectivity index (χ2n) is 8.13. The summed E-state index contributed by atoms with van der Waals surface area (Å²) in [7, 11) is 0. The fourth-order valence-electron chi connectivity index (χ4n) is 4.28. The molecular formula is C21H30ClN5O2+2. The van der Waals surface area contributed by atoms with Gasteiger partial charge >= 0.3 is 0 Å². The number of quaternary nitrogens is 2. The molecule has 0 bridgehead atoms. The van der Waals surface area contributed by atoms with Crippen molar-refractivity contribution in [1.29, 1.82) is 0 Å². The van der Waals surface area contributed by atoms with Gasteiger partial charge in [-0.05, 0) is 25.1 Å². The molecule has 2 fully saturated rings. The number of benzene rings is 1. The Balaban J connectivity index is 1.19. The Hall–Kier alpha value is -2.09. The van der Waals surface area contributed by atoms with Crippen molar-refractivity contribution in [3.63, 3.8) is 0 Å². The molecule has 0 saturated carbocycles. The first kappa shape index (κ1) is 20.2. The van der Waals surface area contributed by atoms with Crippen LogP contribution in [-0.4, -0.2) is 74.9 Å². The summed E-state index contributed by atoms with van der Waals surface area (Å²) in [6.07, 6.45) is 0. The van der Waals surface area contributed by atoms with Crippen molar-refractivity contribution < 1.29 is 19.1 Å². The maximum Gasteiger partial charge on any atom is 0.277 e. The Bertz CT molecular complexity index is 826. The van der Waals surface area contributed by atoms with E-state index in [0.29, 0.717) is 6.54 Å². The van der Waals surface area contributed by atoms with E-state index >= 15 is 0 Å². The van der Waals surface area contributed by atoms with Crippen LogP contribution in [0.3, 0.4) is 0 Å². The molecule has 0 atom stereocenters. The van der Waals surface area contributed by atoms with Crippen LogP contribution < -0.4 is 14.7 Å². The van der Waals surface area contributed by atoms with Gasteiger partial charge < -0.3 is 24.1 Å². The van der Waals surface area contributed by atoms with Crippen LogP contribution in [0.25, 0.3) is 0 Å². The Morgan fingerprint density at radius 2 is 1.83 bits per heavy atom. The van der Waals surface area contributed by atoms with Crippen molar-refractivity contribution in [1.82, 2.24) is 10.1 Å². The van der Waals surface area contributed by atoms with Gasteiger partial charge in [-0.3, -0.25) is 4.79 Å². The molecule has 1 aromatic heterocycles. The number of aryl methyl sites for hydroxylation is 1. The third kappa shape index (κ3) is 5.29. The Labute approximate surface area is 176 Å². The van der Waals surface area contributed by atoms with E-state index in [1.54, 1.807) is 0 Å². The minimum atomic E-state index is 0.279. The molecule has 3 heterocycles. The average molecular weight is 420 g/mol. The molecule has 0 aliphatic carbocycles. The molecule has 29 heavy (non-hydrogen) atoms. The lowest BCUT2D eigenvalue weighted by Crippen LogP contribution is -3.28. The number of nitrogens with one attached hydrogen (secondary N) is 2. The fourth-order valence-corrected chi connectivity index (χ4v) is 4.47. The highest BCUT2D eigenvalue weighted by molar-refractivity contribution is 6.30. The van der Waals surface area contributed by atoms with Crippen LogP contribution in [-0.2, 0) is 11.3 Å². The number of hydrogen-bond acceptors (Lipinski definition) is 4. The number of nitrogens with zero attached hydrogens (tertiary/aromatic N) is 3. The Morgan fingerprint density at radius 3 is 2.48 bits per heavy atom. The van der Waals surface area contributed by atoms with Crippen molar-refractivity contribution in [2.45, 2.75) is 13.5 Å². The standard InChI is InChI=1S/C21H28ClN5O2/c1-17-13-19(23-29-17)15-24-5-7-25(8-6-24)16-21(28)27-11-9-26(10-12-27)20-4-2-3-18(22)14-20/h2-4,13-14H,5-12,15-16H2,1H3/p+2. The summed E-state index contributed by atoms with van der Waals surface area (Å²) in [5.74, 6) is 1.14. The zero-order chi connectivity index (χ0) is 20.2. The van der Waals surface area contributed by atoms with Gasteiger partial charge in [-0.25, -0.2) is 0 Å². The summed E-state index contributed by atoms with van der Waals surface area (Å²) in [5, 5.41) is 4.85. The predicted molar refractivity (Wildman–Crippen MR) is 111 cm³/mol. The lowest BCUT2D eigenvalue weighted by atomic mass is 10.2. The third-order valence-electron chi connectivity index (χ3n) is 5.98. The van der Waals surface area contributed by atoms with Gasteiger partial charge in [0.05, 0.1) is 0 Å². The van der Waals surface area contributed by atoms with Crippen LogP contribution in [0.1, 0.15) is 11.5 Å². The number of carbonyl (C=O) groups is 1.